The minimum absolute atomic E-state index is 0.137. The minimum Gasteiger partial charge on any atom is -0.310 e. The summed E-state index contributed by atoms with van der Waals surface area (Å²) in [5, 5.41) is 3.91. The fourth-order valence-electron chi connectivity index (χ4n) is 1.87. The highest BCUT2D eigenvalue weighted by atomic mass is 35.5. The Kier molecular flexibility index (Phi) is 6.76. The number of halogens is 2. The molecule has 0 saturated carbocycles. The van der Waals surface area contributed by atoms with Gasteiger partial charge in [0.1, 0.15) is 5.82 Å². The van der Waals surface area contributed by atoms with Crippen LogP contribution in [-0.4, -0.2) is 31.1 Å². The van der Waals surface area contributed by atoms with Crippen molar-refractivity contribution in [2.45, 2.75) is 39.3 Å². The topological polar surface area (TPSA) is 15.3 Å². The first-order valence-electron chi connectivity index (χ1n) is 6.80. The van der Waals surface area contributed by atoms with E-state index < -0.39 is 0 Å². The molecule has 19 heavy (non-hydrogen) atoms. The van der Waals surface area contributed by atoms with Gasteiger partial charge in [-0.05, 0) is 65.0 Å². The summed E-state index contributed by atoms with van der Waals surface area (Å²) in [5.41, 5.74) is 0.945. The maximum Gasteiger partial charge on any atom is 0.124 e. The van der Waals surface area contributed by atoms with Crippen molar-refractivity contribution in [3.8, 4) is 0 Å². The van der Waals surface area contributed by atoms with Gasteiger partial charge in [0.05, 0.1) is 0 Å². The summed E-state index contributed by atoms with van der Waals surface area (Å²) < 4.78 is 13.0. The number of nitrogens with zero attached hydrogens (tertiary/aromatic N) is 1. The van der Waals surface area contributed by atoms with Crippen molar-refractivity contribution in [1.82, 2.24) is 10.2 Å². The third-order valence-corrected chi connectivity index (χ3v) is 3.78. The summed E-state index contributed by atoms with van der Waals surface area (Å²) in [6, 6.07) is 5.27. The van der Waals surface area contributed by atoms with Crippen LogP contribution in [0, 0.1) is 5.82 Å². The number of hydrogen-bond donors (Lipinski definition) is 1. The summed E-state index contributed by atoms with van der Waals surface area (Å²) in [6.45, 7) is 8.41. The number of benzene rings is 1. The van der Waals surface area contributed by atoms with Crippen LogP contribution in [0.1, 0.15) is 38.8 Å². The lowest BCUT2D eigenvalue weighted by Gasteiger charge is -2.22. The van der Waals surface area contributed by atoms with Gasteiger partial charge in [0, 0.05) is 17.1 Å². The van der Waals surface area contributed by atoms with E-state index >= 15 is 0 Å². The van der Waals surface area contributed by atoms with E-state index in [0.29, 0.717) is 11.1 Å². The van der Waals surface area contributed by atoms with Gasteiger partial charge >= 0.3 is 0 Å². The van der Waals surface area contributed by atoms with Crippen molar-refractivity contribution in [2.75, 3.05) is 20.1 Å². The molecule has 1 N–H and O–H groups in total. The average Bonchev–Trinajstić information content (AvgIpc) is 2.33. The fourth-order valence-corrected chi connectivity index (χ4v) is 2.20. The normalized spacial score (nSPS) is 13.3. The molecule has 108 valence electrons. The van der Waals surface area contributed by atoms with Gasteiger partial charge in [0.15, 0.2) is 0 Å². The van der Waals surface area contributed by atoms with E-state index in [2.05, 4.69) is 31.1 Å². The molecule has 0 amide bonds. The molecule has 1 aromatic rings. The molecule has 0 spiro atoms. The summed E-state index contributed by atoms with van der Waals surface area (Å²) >= 11 is 6.04. The second-order valence-electron chi connectivity index (χ2n) is 5.27. The first-order valence-corrected chi connectivity index (χ1v) is 7.18. The molecule has 1 atom stereocenters. The van der Waals surface area contributed by atoms with Crippen LogP contribution in [0.4, 0.5) is 4.39 Å². The van der Waals surface area contributed by atoms with Crippen molar-refractivity contribution < 1.29 is 4.39 Å². The maximum absolute atomic E-state index is 13.0. The summed E-state index contributed by atoms with van der Waals surface area (Å²) in [6.07, 6.45) is 1.08. The van der Waals surface area contributed by atoms with Crippen LogP contribution >= 0.6 is 11.6 Å². The van der Waals surface area contributed by atoms with E-state index in [9.17, 15) is 4.39 Å². The zero-order chi connectivity index (χ0) is 14.4. The van der Waals surface area contributed by atoms with E-state index in [1.165, 1.54) is 12.1 Å². The molecule has 4 heteroatoms. The van der Waals surface area contributed by atoms with Gasteiger partial charge in [-0.1, -0.05) is 17.7 Å². The Morgan fingerprint density at radius 1 is 1.32 bits per heavy atom. The molecule has 1 aromatic carbocycles. The molecule has 0 aliphatic heterocycles. The summed E-state index contributed by atoms with van der Waals surface area (Å²) in [7, 11) is 2.13. The lowest BCUT2D eigenvalue weighted by molar-refractivity contribution is 0.268. The van der Waals surface area contributed by atoms with Crippen LogP contribution in [0.25, 0.3) is 0 Å². The van der Waals surface area contributed by atoms with Crippen LogP contribution in [0.2, 0.25) is 5.02 Å². The monoisotopic (exact) mass is 286 g/mol. The van der Waals surface area contributed by atoms with Gasteiger partial charge < -0.3 is 10.2 Å². The van der Waals surface area contributed by atoms with E-state index in [0.717, 1.165) is 25.1 Å². The Morgan fingerprint density at radius 3 is 2.58 bits per heavy atom. The molecule has 1 rings (SSSR count). The molecule has 0 aromatic heterocycles. The van der Waals surface area contributed by atoms with Gasteiger partial charge in [-0.25, -0.2) is 4.39 Å². The Morgan fingerprint density at radius 2 is 2.00 bits per heavy atom. The van der Waals surface area contributed by atoms with E-state index in [1.807, 2.05) is 6.92 Å². The zero-order valence-corrected chi connectivity index (χ0v) is 13.0. The van der Waals surface area contributed by atoms with Crippen LogP contribution in [0.3, 0.4) is 0 Å². The van der Waals surface area contributed by atoms with Crippen LogP contribution < -0.4 is 5.32 Å². The lowest BCUT2D eigenvalue weighted by atomic mass is 10.1. The molecule has 1 unspecified atom stereocenters. The van der Waals surface area contributed by atoms with Crippen LogP contribution in [-0.2, 0) is 0 Å². The van der Waals surface area contributed by atoms with E-state index in [1.54, 1.807) is 6.07 Å². The minimum atomic E-state index is -0.292. The van der Waals surface area contributed by atoms with Crippen molar-refractivity contribution in [3.05, 3.63) is 34.6 Å². The number of nitrogens with one attached hydrogen (secondary N) is 1. The van der Waals surface area contributed by atoms with Crippen LogP contribution in [0.15, 0.2) is 18.2 Å². The second-order valence-corrected chi connectivity index (χ2v) is 5.68. The van der Waals surface area contributed by atoms with Gasteiger partial charge in [-0.2, -0.15) is 0 Å². The second kappa shape index (κ2) is 7.83. The molecule has 0 heterocycles. The van der Waals surface area contributed by atoms with Gasteiger partial charge in [-0.15, -0.1) is 0 Å². The van der Waals surface area contributed by atoms with Crippen molar-refractivity contribution >= 4 is 11.6 Å². The molecule has 0 aliphatic carbocycles. The van der Waals surface area contributed by atoms with Gasteiger partial charge in [-0.3, -0.25) is 0 Å². The summed E-state index contributed by atoms with van der Waals surface area (Å²) in [4.78, 5) is 2.32. The van der Waals surface area contributed by atoms with E-state index in [-0.39, 0.29) is 11.9 Å². The molecule has 0 saturated heterocycles. The van der Waals surface area contributed by atoms with Crippen molar-refractivity contribution in [1.29, 1.82) is 0 Å². The van der Waals surface area contributed by atoms with Gasteiger partial charge in [0.25, 0.3) is 0 Å². The van der Waals surface area contributed by atoms with Crippen molar-refractivity contribution in [3.63, 3.8) is 0 Å². The third-order valence-electron chi connectivity index (χ3n) is 3.45. The SMILES string of the molecule is CC(NCCCN(C)C(C)C)c1ccc(F)cc1Cl. The first-order chi connectivity index (χ1) is 8.91. The maximum atomic E-state index is 13.0. The fraction of sp³-hybridized carbons (Fsp3) is 0.600. The zero-order valence-electron chi connectivity index (χ0n) is 12.2. The van der Waals surface area contributed by atoms with E-state index in [4.69, 9.17) is 11.6 Å². The Balaban J connectivity index is 2.37. The van der Waals surface area contributed by atoms with Crippen LogP contribution in [0.5, 0.6) is 0 Å². The Bertz CT molecular complexity index is 396. The third kappa shape index (κ3) is 5.47. The highest BCUT2D eigenvalue weighted by Gasteiger charge is 2.10. The summed E-state index contributed by atoms with van der Waals surface area (Å²) in [5.74, 6) is -0.292. The highest BCUT2D eigenvalue weighted by molar-refractivity contribution is 6.31. The number of hydrogen-bond acceptors (Lipinski definition) is 2. The number of rotatable bonds is 7. The standard InChI is InChI=1S/C15H24ClFN2/c1-11(2)19(4)9-5-8-18-12(3)14-7-6-13(17)10-15(14)16/h6-7,10-12,18H,5,8-9H2,1-4H3. The molecule has 0 fully saturated rings. The Hall–Kier alpha value is -0.640. The van der Waals surface area contributed by atoms with Gasteiger partial charge in [0.2, 0.25) is 0 Å². The average molecular weight is 287 g/mol. The first kappa shape index (κ1) is 16.4. The smallest absolute Gasteiger partial charge is 0.124 e. The molecule has 2 nitrogen and oxygen atoms in total. The lowest BCUT2D eigenvalue weighted by Crippen LogP contribution is -2.30. The Labute approximate surface area is 120 Å². The molecular formula is C15H24ClFN2. The predicted molar refractivity (Wildman–Crippen MR) is 80.2 cm³/mol. The van der Waals surface area contributed by atoms with Crippen molar-refractivity contribution in [2.24, 2.45) is 0 Å². The molecule has 0 radical (unpaired) electrons. The predicted octanol–water partition coefficient (Wildman–Crippen LogP) is 3.86. The highest BCUT2D eigenvalue weighted by Crippen LogP contribution is 2.23. The molecule has 0 aliphatic rings. The largest absolute Gasteiger partial charge is 0.310 e. The quantitative estimate of drug-likeness (QED) is 0.766. The molecular weight excluding hydrogens is 263 g/mol. The molecule has 0 bridgehead atoms.